The van der Waals surface area contributed by atoms with E-state index in [0.717, 1.165) is 12.4 Å². The summed E-state index contributed by atoms with van der Waals surface area (Å²) < 4.78 is 0. The maximum atomic E-state index is 11.1. The predicted octanol–water partition coefficient (Wildman–Crippen LogP) is 0.832. The first-order valence-electron chi connectivity index (χ1n) is 5.55. The number of hydrogen-bond donors (Lipinski definition) is 3. The van der Waals surface area contributed by atoms with Crippen LogP contribution in [-0.2, 0) is 4.79 Å². The van der Waals surface area contributed by atoms with Gasteiger partial charge in [0.05, 0.1) is 5.41 Å². The van der Waals surface area contributed by atoms with E-state index in [-0.39, 0.29) is 5.91 Å². The number of carbonyl (C=O) groups excluding carboxylic acids is 1. The first-order valence-corrected chi connectivity index (χ1v) is 5.55. The Balaban J connectivity index is 2.63. The second-order valence-corrected chi connectivity index (χ2v) is 4.42. The van der Waals surface area contributed by atoms with Crippen molar-refractivity contribution >= 4 is 17.5 Å². The molecule has 6 nitrogen and oxygen atoms in total. The minimum absolute atomic E-state index is 0.342. The van der Waals surface area contributed by atoms with Crippen LogP contribution < -0.4 is 16.4 Å². The number of nitrogens with one attached hydrogen (secondary N) is 2. The van der Waals surface area contributed by atoms with Gasteiger partial charge in [-0.2, -0.15) is 0 Å². The number of aromatic nitrogens is 2. The van der Waals surface area contributed by atoms with Gasteiger partial charge in [0.2, 0.25) is 5.91 Å². The van der Waals surface area contributed by atoms with Gasteiger partial charge in [-0.05, 0) is 20.8 Å². The zero-order chi connectivity index (χ0) is 12.9. The first kappa shape index (κ1) is 13.2. The summed E-state index contributed by atoms with van der Waals surface area (Å²) in [5.74, 6) is 1.08. The second-order valence-electron chi connectivity index (χ2n) is 4.42. The van der Waals surface area contributed by atoms with Crippen LogP contribution in [0.25, 0.3) is 0 Å². The Labute approximate surface area is 101 Å². The summed E-state index contributed by atoms with van der Waals surface area (Å²) in [5, 5.41) is 6.16. The summed E-state index contributed by atoms with van der Waals surface area (Å²) in [7, 11) is 0. The van der Waals surface area contributed by atoms with Crippen LogP contribution in [0.2, 0.25) is 0 Å². The minimum Gasteiger partial charge on any atom is -0.370 e. The Hall–Kier alpha value is -1.85. The minimum atomic E-state index is -0.608. The van der Waals surface area contributed by atoms with Crippen LogP contribution in [-0.4, -0.2) is 29.0 Å². The molecule has 17 heavy (non-hydrogen) atoms. The molecule has 1 aromatic heterocycles. The van der Waals surface area contributed by atoms with Crippen LogP contribution in [0.3, 0.4) is 0 Å². The van der Waals surface area contributed by atoms with Crippen LogP contribution >= 0.6 is 0 Å². The molecule has 0 bridgehead atoms. The normalized spacial score (nSPS) is 11.0. The number of primary amides is 1. The molecule has 0 spiro atoms. The molecule has 1 aromatic rings. The maximum Gasteiger partial charge on any atom is 0.224 e. The third-order valence-electron chi connectivity index (χ3n) is 2.40. The monoisotopic (exact) mass is 237 g/mol. The molecular weight excluding hydrogens is 218 g/mol. The predicted molar refractivity (Wildman–Crippen MR) is 67.7 cm³/mol. The van der Waals surface area contributed by atoms with E-state index in [9.17, 15) is 4.79 Å². The van der Waals surface area contributed by atoms with Gasteiger partial charge >= 0.3 is 0 Å². The molecule has 0 fully saturated rings. The number of rotatable bonds is 6. The quantitative estimate of drug-likeness (QED) is 0.681. The molecule has 1 rings (SSSR count). The van der Waals surface area contributed by atoms with Gasteiger partial charge in [-0.3, -0.25) is 4.79 Å². The number of nitrogens with zero attached hydrogens (tertiary/aromatic N) is 2. The Morgan fingerprint density at radius 3 is 2.47 bits per heavy atom. The van der Waals surface area contributed by atoms with Gasteiger partial charge in [0, 0.05) is 19.2 Å². The lowest BCUT2D eigenvalue weighted by Crippen LogP contribution is -2.37. The van der Waals surface area contributed by atoms with Crippen LogP contribution in [0.1, 0.15) is 20.8 Å². The van der Waals surface area contributed by atoms with Crippen molar-refractivity contribution < 1.29 is 4.79 Å². The zero-order valence-corrected chi connectivity index (χ0v) is 10.4. The van der Waals surface area contributed by atoms with Gasteiger partial charge in [-0.1, -0.05) is 0 Å². The summed E-state index contributed by atoms with van der Waals surface area (Å²) in [6, 6.07) is 1.79. The van der Waals surface area contributed by atoms with Crippen LogP contribution in [0, 0.1) is 5.41 Å². The van der Waals surface area contributed by atoms with Gasteiger partial charge < -0.3 is 16.4 Å². The summed E-state index contributed by atoms with van der Waals surface area (Å²) >= 11 is 0. The van der Waals surface area contributed by atoms with E-state index in [1.165, 1.54) is 6.33 Å². The van der Waals surface area contributed by atoms with Gasteiger partial charge in [0.15, 0.2) is 0 Å². The second kappa shape index (κ2) is 5.47. The van der Waals surface area contributed by atoms with Crippen molar-refractivity contribution in [3.05, 3.63) is 12.4 Å². The molecule has 0 saturated carbocycles. The van der Waals surface area contributed by atoms with Crippen molar-refractivity contribution in [2.24, 2.45) is 11.1 Å². The summed E-state index contributed by atoms with van der Waals surface area (Å²) in [4.78, 5) is 19.3. The van der Waals surface area contributed by atoms with E-state index in [4.69, 9.17) is 5.73 Å². The Morgan fingerprint density at radius 1 is 1.35 bits per heavy atom. The molecule has 6 heteroatoms. The molecular formula is C11H19N5O. The largest absolute Gasteiger partial charge is 0.370 e. The fourth-order valence-corrected chi connectivity index (χ4v) is 1.13. The Kier molecular flexibility index (Phi) is 4.25. The highest BCUT2D eigenvalue weighted by atomic mass is 16.1. The molecule has 0 aliphatic rings. The van der Waals surface area contributed by atoms with E-state index in [0.29, 0.717) is 12.4 Å². The molecule has 0 aromatic carbocycles. The van der Waals surface area contributed by atoms with Crippen LogP contribution in [0.5, 0.6) is 0 Å². The SMILES string of the molecule is CCNc1cc(NCC(C)(C)C(N)=O)ncn1. The maximum absolute atomic E-state index is 11.1. The van der Waals surface area contributed by atoms with Crippen molar-refractivity contribution in [3.8, 4) is 0 Å². The first-order chi connectivity index (χ1) is 7.95. The van der Waals surface area contributed by atoms with Crippen molar-refractivity contribution in [1.29, 1.82) is 0 Å². The molecule has 0 aliphatic carbocycles. The molecule has 94 valence electrons. The average molecular weight is 237 g/mol. The Morgan fingerprint density at radius 2 is 1.94 bits per heavy atom. The molecule has 0 atom stereocenters. The molecule has 0 radical (unpaired) electrons. The third-order valence-corrected chi connectivity index (χ3v) is 2.40. The highest BCUT2D eigenvalue weighted by Crippen LogP contribution is 2.16. The van der Waals surface area contributed by atoms with E-state index in [1.807, 2.05) is 6.92 Å². The summed E-state index contributed by atoms with van der Waals surface area (Å²) in [5.41, 5.74) is 4.68. The number of nitrogens with two attached hydrogens (primary N) is 1. The van der Waals surface area contributed by atoms with Gasteiger partial charge in [0.25, 0.3) is 0 Å². The lowest BCUT2D eigenvalue weighted by Gasteiger charge is -2.21. The van der Waals surface area contributed by atoms with E-state index in [2.05, 4.69) is 20.6 Å². The van der Waals surface area contributed by atoms with Crippen molar-refractivity contribution in [2.75, 3.05) is 23.7 Å². The highest BCUT2D eigenvalue weighted by Gasteiger charge is 2.24. The fourth-order valence-electron chi connectivity index (χ4n) is 1.13. The zero-order valence-electron chi connectivity index (χ0n) is 10.4. The van der Waals surface area contributed by atoms with Gasteiger partial charge in [0.1, 0.15) is 18.0 Å². The topological polar surface area (TPSA) is 92.9 Å². The molecule has 1 heterocycles. The summed E-state index contributed by atoms with van der Waals surface area (Å²) in [6.45, 7) is 6.79. The highest BCUT2D eigenvalue weighted by molar-refractivity contribution is 5.80. The van der Waals surface area contributed by atoms with Crippen LogP contribution in [0.15, 0.2) is 12.4 Å². The summed E-state index contributed by atoms with van der Waals surface area (Å²) in [6.07, 6.45) is 1.47. The fraction of sp³-hybridized carbons (Fsp3) is 0.545. The number of anilines is 2. The standard InChI is InChI=1S/C11H19N5O/c1-4-13-8-5-9(16-7-15-8)14-6-11(2,3)10(12)17/h5,7H,4,6H2,1-3H3,(H2,12,17)(H2,13,14,15,16). The third kappa shape index (κ3) is 3.90. The Bertz CT molecular complexity index is 391. The molecule has 1 amide bonds. The molecule has 0 aliphatic heterocycles. The van der Waals surface area contributed by atoms with E-state index < -0.39 is 5.41 Å². The molecule has 4 N–H and O–H groups in total. The van der Waals surface area contributed by atoms with Gasteiger partial charge in [-0.25, -0.2) is 9.97 Å². The number of amides is 1. The number of hydrogen-bond acceptors (Lipinski definition) is 5. The van der Waals surface area contributed by atoms with Crippen molar-refractivity contribution in [2.45, 2.75) is 20.8 Å². The van der Waals surface area contributed by atoms with Crippen molar-refractivity contribution in [1.82, 2.24) is 9.97 Å². The van der Waals surface area contributed by atoms with Crippen molar-refractivity contribution in [3.63, 3.8) is 0 Å². The van der Waals surface area contributed by atoms with Crippen LogP contribution in [0.4, 0.5) is 11.6 Å². The lowest BCUT2D eigenvalue weighted by molar-refractivity contribution is -0.125. The lowest BCUT2D eigenvalue weighted by atomic mass is 9.93. The smallest absolute Gasteiger partial charge is 0.224 e. The molecule has 0 unspecified atom stereocenters. The number of carbonyl (C=O) groups is 1. The van der Waals surface area contributed by atoms with Gasteiger partial charge in [-0.15, -0.1) is 0 Å². The average Bonchev–Trinajstić information content (AvgIpc) is 2.27. The van der Waals surface area contributed by atoms with E-state index >= 15 is 0 Å². The molecule has 0 saturated heterocycles. The van der Waals surface area contributed by atoms with E-state index in [1.54, 1.807) is 19.9 Å².